The lowest BCUT2D eigenvalue weighted by Gasteiger charge is -2.14. The van der Waals surface area contributed by atoms with Crippen LogP contribution in [0.5, 0.6) is 0 Å². The maximum atomic E-state index is 9.61. The van der Waals surface area contributed by atoms with Crippen LogP contribution in [-0.2, 0) is 0 Å². The van der Waals surface area contributed by atoms with E-state index >= 15 is 0 Å². The highest BCUT2D eigenvalue weighted by Crippen LogP contribution is 2.29. The van der Waals surface area contributed by atoms with Gasteiger partial charge in [-0.05, 0) is 0 Å². The largest absolute Gasteiger partial charge is 0.410 e. The van der Waals surface area contributed by atoms with E-state index in [0.29, 0.717) is 11.1 Å². The van der Waals surface area contributed by atoms with Gasteiger partial charge in [0.2, 0.25) is 0 Å². The van der Waals surface area contributed by atoms with E-state index in [-0.39, 0.29) is 11.4 Å². The van der Waals surface area contributed by atoms with Crippen LogP contribution in [0.25, 0.3) is 0 Å². The molecule has 78 valence electrons. The van der Waals surface area contributed by atoms with E-state index in [9.17, 15) is 10.2 Å². The second kappa shape index (κ2) is 3.04. The van der Waals surface area contributed by atoms with Crippen LogP contribution in [0.2, 0.25) is 0 Å². The van der Waals surface area contributed by atoms with Crippen LogP contribution in [0, 0.1) is 0 Å². The molecule has 6 heteroatoms. The molecule has 0 aromatic heterocycles. The smallest absolute Gasteiger partial charge is 0.260 e. The van der Waals surface area contributed by atoms with E-state index < -0.39 is 5.79 Å². The minimum Gasteiger partial charge on any atom is -0.410 e. The fourth-order valence-electron chi connectivity index (χ4n) is 1.63. The lowest BCUT2D eigenvalue weighted by Crippen LogP contribution is -2.41. The van der Waals surface area contributed by atoms with Crippen molar-refractivity contribution in [1.29, 1.82) is 0 Å². The van der Waals surface area contributed by atoms with Gasteiger partial charge < -0.3 is 20.6 Å². The summed E-state index contributed by atoms with van der Waals surface area (Å²) in [5, 5.41) is 42.2. The average Bonchev–Trinajstić information content (AvgIpc) is 2.43. The first-order valence-corrected chi connectivity index (χ1v) is 4.12. The maximum Gasteiger partial charge on any atom is 0.260 e. The fourth-order valence-corrected chi connectivity index (χ4v) is 1.63. The summed E-state index contributed by atoms with van der Waals surface area (Å²) in [5.41, 5.74) is -0.0765. The van der Waals surface area contributed by atoms with Gasteiger partial charge in [-0.1, -0.05) is 34.6 Å². The fraction of sp³-hybridized carbons (Fsp3) is 0.111. The van der Waals surface area contributed by atoms with Crippen molar-refractivity contribution in [2.24, 2.45) is 10.3 Å². The molecule has 6 nitrogen and oxygen atoms in total. The Morgan fingerprint density at radius 3 is 1.60 bits per heavy atom. The molecule has 0 radical (unpaired) electrons. The maximum absolute atomic E-state index is 9.61. The molecule has 2 rings (SSSR count). The molecule has 0 atom stereocenters. The Morgan fingerprint density at radius 2 is 1.27 bits per heavy atom. The second-order valence-corrected chi connectivity index (χ2v) is 3.12. The van der Waals surface area contributed by atoms with Gasteiger partial charge in [0, 0.05) is 11.1 Å². The normalized spacial score (nSPS) is 23.3. The molecule has 0 saturated heterocycles. The number of aliphatic hydroxyl groups is 2. The van der Waals surface area contributed by atoms with Crippen molar-refractivity contribution in [3.63, 3.8) is 0 Å². The molecule has 1 aliphatic rings. The summed E-state index contributed by atoms with van der Waals surface area (Å²) in [6, 6.07) is 6.34. The first-order valence-electron chi connectivity index (χ1n) is 4.12. The van der Waals surface area contributed by atoms with E-state index in [0.717, 1.165) is 0 Å². The predicted octanol–water partition coefficient (Wildman–Crippen LogP) is -0.262. The molecule has 0 unspecified atom stereocenters. The Labute approximate surface area is 84.4 Å². The SMILES string of the molecule is O/N=C1/c2ccccc2/C(=N/O)C1(O)O. The third-order valence-electron chi connectivity index (χ3n) is 2.30. The molecule has 15 heavy (non-hydrogen) atoms. The van der Waals surface area contributed by atoms with Crippen molar-refractivity contribution in [3.05, 3.63) is 35.4 Å². The summed E-state index contributed by atoms with van der Waals surface area (Å²) in [6.07, 6.45) is 0. The number of rotatable bonds is 0. The molecule has 0 fully saturated rings. The predicted molar refractivity (Wildman–Crippen MR) is 50.3 cm³/mol. The first-order chi connectivity index (χ1) is 7.12. The number of benzene rings is 1. The molecule has 1 aromatic rings. The number of oxime groups is 2. The molecular formula is C9H8N2O4. The van der Waals surface area contributed by atoms with Gasteiger partial charge in [0.1, 0.15) is 0 Å². The van der Waals surface area contributed by atoms with Crippen molar-refractivity contribution in [3.8, 4) is 0 Å². The third-order valence-corrected chi connectivity index (χ3v) is 2.30. The summed E-state index contributed by atoms with van der Waals surface area (Å²) in [6.45, 7) is 0. The van der Waals surface area contributed by atoms with Crippen LogP contribution < -0.4 is 0 Å². The molecular weight excluding hydrogens is 200 g/mol. The second-order valence-electron chi connectivity index (χ2n) is 3.12. The molecule has 0 spiro atoms. The molecule has 0 bridgehead atoms. The van der Waals surface area contributed by atoms with Gasteiger partial charge in [-0.15, -0.1) is 0 Å². The monoisotopic (exact) mass is 208 g/mol. The first kappa shape index (κ1) is 9.63. The van der Waals surface area contributed by atoms with Crippen LogP contribution in [0.15, 0.2) is 34.6 Å². The quantitative estimate of drug-likeness (QED) is 0.267. The topological polar surface area (TPSA) is 106 Å². The Bertz CT molecular complexity index is 424. The summed E-state index contributed by atoms with van der Waals surface area (Å²) < 4.78 is 0. The van der Waals surface area contributed by atoms with Gasteiger partial charge in [0.25, 0.3) is 5.79 Å². The van der Waals surface area contributed by atoms with Crippen molar-refractivity contribution in [2.75, 3.05) is 0 Å². The van der Waals surface area contributed by atoms with Crippen molar-refractivity contribution in [2.45, 2.75) is 5.79 Å². The Balaban J connectivity index is 2.76. The van der Waals surface area contributed by atoms with Crippen LogP contribution >= 0.6 is 0 Å². The van der Waals surface area contributed by atoms with E-state index in [1.54, 1.807) is 12.1 Å². The van der Waals surface area contributed by atoms with Crippen molar-refractivity contribution >= 4 is 11.4 Å². The van der Waals surface area contributed by atoms with Crippen LogP contribution in [0.3, 0.4) is 0 Å². The molecule has 1 aliphatic carbocycles. The minimum atomic E-state index is -2.56. The molecule has 4 N–H and O–H groups in total. The van der Waals surface area contributed by atoms with Gasteiger partial charge in [-0.2, -0.15) is 0 Å². The summed E-state index contributed by atoms with van der Waals surface area (Å²) >= 11 is 0. The van der Waals surface area contributed by atoms with E-state index in [1.165, 1.54) is 12.1 Å². The van der Waals surface area contributed by atoms with Crippen molar-refractivity contribution in [1.82, 2.24) is 0 Å². The van der Waals surface area contributed by atoms with Gasteiger partial charge >= 0.3 is 0 Å². The zero-order valence-corrected chi connectivity index (χ0v) is 7.49. The highest BCUT2D eigenvalue weighted by Gasteiger charge is 2.47. The summed E-state index contributed by atoms with van der Waals surface area (Å²) in [7, 11) is 0. The van der Waals surface area contributed by atoms with Gasteiger partial charge in [0.15, 0.2) is 11.4 Å². The number of fused-ring (bicyclic) bond motifs is 1. The van der Waals surface area contributed by atoms with Gasteiger partial charge in [0.05, 0.1) is 0 Å². The average molecular weight is 208 g/mol. The van der Waals surface area contributed by atoms with Gasteiger partial charge in [-0.25, -0.2) is 0 Å². The molecule has 0 saturated carbocycles. The molecule has 0 amide bonds. The lowest BCUT2D eigenvalue weighted by atomic mass is 10.1. The highest BCUT2D eigenvalue weighted by molar-refractivity contribution is 6.33. The summed E-state index contributed by atoms with van der Waals surface area (Å²) in [5.74, 6) is -2.56. The highest BCUT2D eigenvalue weighted by atomic mass is 16.5. The van der Waals surface area contributed by atoms with E-state index in [4.69, 9.17) is 10.4 Å². The third kappa shape index (κ3) is 1.12. The Morgan fingerprint density at radius 1 is 0.867 bits per heavy atom. The van der Waals surface area contributed by atoms with Gasteiger partial charge in [-0.3, -0.25) is 0 Å². The van der Waals surface area contributed by atoms with Crippen LogP contribution in [0.1, 0.15) is 11.1 Å². The number of hydrogen-bond acceptors (Lipinski definition) is 6. The minimum absolute atomic E-state index is 0.317. The van der Waals surface area contributed by atoms with E-state index in [1.807, 2.05) is 0 Å². The molecule has 0 aliphatic heterocycles. The van der Waals surface area contributed by atoms with Crippen LogP contribution in [0.4, 0.5) is 0 Å². The molecule has 1 aromatic carbocycles. The number of hydrogen-bond donors (Lipinski definition) is 4. The van der Waals surface area contributed by atoms with E-state index in [2.05, 4.69) is 10.3 Å². The molecule has 0 heterocycles. The Kier molecular flexibility index (Phi) is 1.95. The zero-order chi connectivity index (χ0) is 11.1. The lowest BCUT2D eigenvalue weighted by molar-refractivity contribution is -0.0378. The van der Waals surface area contributed by atoms with Crippen molar-refractivity contribution < 1.29 is 20.6 Å². The standard InChI is InChI=1S/C9H8N2O4/c12-9(13)7(10-14)5-3-1-2-4-6(5)8(9)11-15/h1-4,12-15H/b10-7-,11-8-. The zero-order valence-electron chi connectivity index (χ0n) is 7.49. The summed E-state index contributed by atoms with van der Waals surface area (Å²) in [4.78, 5) is 0. The number of nitrogens with zero attached hydrogens (tertiary/aromatic N) is 2. The van der Waals surface area contributed by atoms with Crippen LogP contribution in [-0.4, -0.2) is 37.8 Å². The Hall–Kier alpha value is -1.92.